The summed E-state index contributed by atoms with van der Waals surface area (Å²) in [4.78, 5) is 4.93. The predicted molar refractivity (Wildman–Crippen MR) is 139 cm³/mol. The minimum absolute atomic E-state index is 0.156. The van der Waals surface area contributed by atoms with Gasteiger partial charge in [0, 0.05) is 43.3 Å². The van der Waals surface area contributed by atoms with Crippen LogP contribution in [0, 0.1) is 11.3 Å². The van der Waals surface area contributed by atoms with Crippen LogP contribution in [0.3, 0.4) is 0 Å². The minimum Gasteiger partial charge on any atom is -0.361 e. The van der Waals surface area contributed by atoms with Gasteiger partial charge in [0.2, 0.25) is 0 Å². The van der Waals surface area contributed by atoms with E-state index in [0.717, 1.165) is 48.9 Å². The second-order valence-electron chi connectivity index (χ2n) is 9.29. The maximum atomic E-state index is 10.0. The molecule has 0 unspecified atom stereocenters. The van der Waals surface area contributed by atoms with E-state index in [4.69, 9.17) is 11.6 Å². The molecule has 34 heavy (non-hydrogen) atoms. The molecule has 5 heteroatoms. The maximum absolute atomic E-state index is 10.0. The highest BCUT2D eigenvalue weighted by atomic mass is 35.5. The summed E-state index contributed by atoms with van der Waals surface area (Å²) in [5, 5.41) is 10.7. The molecule has 0 spiro atoms. The van der Waals surface area contributed by atoms with Crippen molar-refractivity contribution in [3.8, 4) is 6.07 Å². The summed E-state index contributed by atoms with van der Waals surface area (Å²) < 4.78 is 2.06. The van der Waals surface area contributed by atoms with Crippen molar-refractivity contribution >= 4 is 17.3 Å². The zero-order valence-electron chi connectivity index (χ0n) is 20.3. The highest BCUT2D eigenvalue weighted by Crippen LogP contribution is 2.34. The van der Waals surface area contributed by atoms with Gasteiger partial charge < -0.3 is 4.90 Å². The Labute approximate surface area is 209 Å². The van der Waals surface area contributed by atoms with Crippen molar-refractivity contribution in [1.82, 2.24) is 4.90 Å². The first kappa shape index (κ1) is 24.3. The van der Waals surface area contributed by atoms with Gasteiger partial charge in [-0.2, -0.15) is 5.26 Å². The Morgan fingerprint density at radius 1 is 1.00 bits per heavy atom. The summed E-state index contributed by atoms with van der Waals surface area (Å²) in [7, 11) is 2.04. The Morgan fingerprint density at radius 3 is 2.47 bits per heavy atom. The molecule has 1 aliphatic heterocycles. The molecular formula is C29H34ClN4+. The SMILES string of the molecule is CCCCCc1ccc(N2CCN(Cc3cc[n+](C)cc3)C[C@H]2c2ccc(Cl)cc2)c(C#N)c1. The molecule has 2 aromatic carbocycles. The third-order valence-corrected chi connectivity index (χ3v) is 6.98. The zero-order chi connectivity index (χ0) is 23.9. The summed E-state index contributed by atoms with van der Waals surface area (Å²) in [6, 6.07) is 21.7. The van der Waals surface area contributed by atoms with E-state index in [2.05, 4.69) is 82.2 Å². The third-order valence-electron chi connectivity index (χ3n) is 6.73. The fraction of sp³-hybridized carbons (Fsp3) is 0.379. The Bertz CT molecular complexity index is 1120. The molecule has 0 saturated carbocycles. The lowest BCUT2D eigenvalue weighted by Crippen LogP contribution is -2.48. The molecule has 1 aliphatic rings. The highest BCUT2D eigenvalue weighted by Gasteiger charge is 2.30. The lowest BCUT2D eigenvalue weighted by molar-refractivity contribution is -0.671. The predicted octanol–water partition coefficient (Wildman–Crippen LogP) is 5.83. The number of hydrogen-bond acceptors (Lipinski definition) is 3. The van der Waals surface area contributed by atoms with Crippen LogP contribution in [0.15, 0.2) is 67.0 Å². The number of unbranched alkanes of at least 4 members (excludes halogenated alkanes) is 2. The van der Waals surface area contributed by atoms with Gasteiger partial charge >= 0.3 is 0 Å². The Morgan fingerprint density at radius 2 is 1.76 bits per heavy atom. The summed E-state index contributed by atoms with van der Waals surface area (Å²) in [5.74, 6) is 0. The minimum atomic E-state index is 0.156. The number of benzene rings is 2. The van der Waals surface area contributed by atoms with E-state index >= 15 is 0 Å². The lowest BCUT2D eigenvalue weighted by Gasteiger charge is -2.43. The third kappa shape index (κ3) is 5.97. The fourth-order valence-electron chi connectivity index (χ4n) is 4.79. The molecule has 1 saturated heterocycles. The van der Waals surface area contributed by atoms with E-state index in [9.17, 15) is 5.26 Å². The molecule has 2 heterocycles. The average Bonchev–Trinajstić information content (AvgIpc) is 2.86. The number of pyridine rings is 1. The fourth-order valence-corrected chi connectivity index (χ4v) is 4.92. The molecule has 0 bridgehead atoms. The van der Waals surface area contributed by atoms with Crippen LogP contribution in [-0.4, -0.2) is 24.5 Å². The van der Waals surface area contributed by atoms with E-state index in [1.807, 2.05) is 19.2 Å². The van der Waals surface area contributed by atoms with Gasteiger partial charge in [0.05, 0.1) is 17.3 Å². The first-order chi connectivity index (χ1) is 16.6. The molecule has 1 atom stereocenters. The molecule has 3 aromatic rings. The van der Waals surface area contributed by atoms with Crippen LogP contribution in [0.25, 0.3) is 0 Å². The Kier molecular flexibility index (Phi) is 8.21. The molecule has 4 rings (SSSR count). The van der Waals surface area contributed by atoms with E-state index < -0.39 is 0 Å². The second-order valence-corrected chi connectivity index (χ2v) is 9.72. The van der Waals surface area contributed by atoms with Gasteiger partial charge in [0.25, 0.3) is 0 Å². The number of nitriles is 1. The molecule has 0 aliphatic carbocycles. The van der Waals surface area contributed by atoms with Gasteiger partial charge in [-0.05, 0) is 53.8 Å². The topological polar surface area (TPSA) is 34.1 Å². The molecule has 176 valence electrons. The van der Waals surface area contributed by atoms with Crippen molar-refractivity contribution in [3.63, 3.8) is 0 Å². The van der Waals surface area contributed by atoms with Crippen molar-refractivity contribution < 1.29 is 4.57 Å². The largest absolute Gasteiger partial charge is 0.361 e. The summed E-state index contributed by atoms with van der Waals surface area (Å²) in [6.45, 7) is 5.86. The molecular weight excluding hydrogens is 440 g/mol. The first-order valence-electron chi connectivity index (χ1n) is 12.3. The van der Waals surface area contributed by atoms with E-state index in [0.29, 0.717) is 0 Å². The van der Waals surface area contributed by atoms with Gasteiger partial charge in [-0.25, -0.2) is 4.57 Å². The van der Waals surface area contributed by atoms with Crippen molar-refractivity contribution in [2.75, 3.05) is 24.5 Å². The molecule has 0 N–H and O–H groups in total. The van der Waals surface area contributed by atoms with Crippen LogP contribution < -0.4 is 9.47 Å². The Balaban J connectivity index is 1.60. The maximum Gasteiger partial charge on any atom is 0.168 e. The number of piperazine rings is 1. The Hall–Kier alpha value is -2.87. The number of halogens is 1. The lowest BCUT2D eigenvalue weighted by atomic mass is 9.98. The van der Waals surface area contributed by atoms with Gasteiger partial charge in [-0.1, -0.05) is 49.6 Å². The number of hydrogen-bond donors (Lipinski definition) is 0. The quantitative estimate of drug-likeness (QED) is 0.305. The number of nitrogens with zero attached hydrogens (tertiary/aromatic N) is 4. The van der Waals surface area contributed by atoms with Crippen molar-refractivity contribution in [2.45, 2.75) is 45.2 Å². The molecule has 0 amide bonds. The van der Waals surface area contributed by atoms with Crippen LogP contribution >= 0.6 is 11.6 Å². The molecule has 1 aromatic heterocycles. The normalized spacial score (nSPS) is 16.4. The van der Waals surface area contributed by atoms with Crippen LogP contribution in [-0.2, 0) is 20.0 Å². The van der Waals surface area contributed by atoms with Gasteiger partial charge in [0.1, 0.15) is 13.1 Å². The van der Waals surface area contributed by atoms with Crippen LogP contribution in [0.5, 0.6) is 0 Å². The highest BCUT2D eigenvalue weighted by molar-refractivity contribution is 6.30. The zero-order valence-corrected chi connectivity index (χ0v) is 21.0. The van der Waals surface area contributed by atoms with Crippen LogP contribution in [0.2, 0.25) is 5.02 Å². The molecule has 0 radical (unpaired) electrons. The second kappa shape index (κ2) is 11.5. The van der Waals surface area contributed by atoms with Crippen molar-refractivity contribution in [1.29, 1.82) is 5.26 Å². The molecule has 4 nitrogen and oxygen atoms in total. The van der Waals surface area contributed by atoms with E-state index in [-0.39, 0.29) is 6.04 Å². The number of aryl methyl sites for hydroxylation is 2. The summed E-state index contributed by atoms with van der Waals surface area (Å²) >= 11 is 6.20. The number of anilines is 1. The summed E-state index contributed by atoms with van der Waals surface area (Å²) in [6.07, 6.45) is 8.84. The van der Waals surface area contributed by atoms with Crippen LogP contribution in [0.1, 0.15) is 54.5 Å². The molecule has 1 fully saturated rings. The van der Waals surface area contributed by atoms with Crippen molar-refractivity contribution in [2.24, 2.45) is 7.05 Å². The summed E-state index contributed by atoms with van der Waals surface area (Å²) in [5.41, 5.74) is 5.61. The average molecular weight is 474 g/mol. The van der Waals surface area contributed by atoms with Gasteiger partial charge in [-0.3, -0.25) is 4.90 Å². The number of rotatable bonds is 8. The monoisotopic (exact) mass is 473 g/mol. The first-order valence-corrected chi connectivity index (χ1v) is 12.7. The van der Waals surface area contributed by atoms with Gasteiger partial charge in [-0.15, -0.1) is 0 Å². The number of aromatic nitrogens is 1. The smallest absolute Gasteiger partial charge is 0.168 e. The standard InChI is InChI=1S/C29H34ClN4/c1-3-4-5-6-23-7-12-28(26(19-23)20-31)34-18-17-33(21-24-13-15-32(2)16-14-24)22-29(34)25-8-10-27(30)11-9-25/h7-16,19,29H,3-6,17-18,21-22H2,1-2H3/q+1/t29-/m0/s1. The van der Waals surface area contributed by atoms with E-state index in [1.54, 1.807) is 0 Å². The van der Waals surface area contributed by atoms with E-state index in [1.165, 1.54) is 36.0 Å². The van der Waals surface area contributed by atoms with Gasteiger partial charge in [0.15, 0.2) is 12.4 Å². The van der Waals surface area contributed by atoms with Crippen molar-refractivity contribution in [3.05, 3.63) is 94.3 Å². The van der Waals surface area contributed by atoms with Crippen LogP contribution in [0.4, 0.5) is 5.69 Å².